The Kier molecular flexibility index (Phi) is 9.94. The molecule has 3 heterocycles. The molecule has 0 spiro atoms. The molecule has 0 saturated carbocycles. The predicted molar refractivity (Wildman–Crippen MR) is 187 cm³/mol. The number of sulfonamides is 2. The molecule has 0 aliphatic heterocycles. The maximum Gasteiger partial charge on any atom is 0.263 e. The van der Waals surface area contributed by atoms with Crippen LogP contribution in [0.25, 0.3) is 27.8 Å². The summed E-state index contributed by atoms with van der Waals surface area (Å²) >= 11 is 12.0. The van der Waals surface area contributed by atoms with Gasteiger partial charge in [-0.1, -0.05) is 54.4 Å². The Labute approximate surface area is 295 Å². The predicted octanol–water partition coefficient (Wildman–Crippen LogP) is 6.76. The second kappa shape index (κ2) is 14.0. The maximum atomic E-state index is 15.8. The van der Waals surface area contributed by atoms with Crippen LogP contribution < -0.4 is 10.0 Å². The van der Waals surface area contributed by atoms with E-state index in [1.54, 1.807) is 47.9 Å². The van der Waals surface area contributed by atoms with Crippen LogP contribution >= 0.6 is 23.2 Å². The average Bonchev–Trinajstić information content (AvgIpc) is 3.50. The second-order valence-corrected chi connectivity index (χ2v) is 15.0. The van der Waals surface area contributed by atoms with Crippen molar-refractivity contribution in [2.24, 2.45) is 0 Å². The number of para-hydroxylation sites is 1. The van der Waals surface area contributed by atoms with Gasteiger partial charge in [0.05, 0.1) is 33.4 Å². The number of ether oxygens (including phenoxy) is 1. The van der Waals surface area contributed by atoms with Crippen LogP contribution in [0, 0.1) is 11.6 Å². The van der Waals surface area contributed by atoms with Gasteiger partial charge in [-0.05, 0) is 42.5 Å². The highest BCUT2D eigenvalue weighted by Gasteiger charge is 2.28. The lowest BCUT2D eigenvalue weighted by atomic mass is 10.2. The number of likely N-dealkylation sites (N-methyl/N-ethyl adjacent to an activating group) is 1. The standard InChI is InChI=1S/C32H27Cl2F2N7O5S2/c1-3-42(15-16-48-2)50(46,47)26-17-43(24-9-5-4-7-19(24)26)27-14-13-23-31(39-27)32(38-18-37-23)40-30-21(35)11-12-22(29(30)36)41-49(44,45)25-10-6-8-20(33)28(25)34/h4-14,17-18,41H,3,15-16H2,1-2H3,(H,37,38,40). The highest BCUT2D eigenvalue weighted by atomic mass is 35.5. The Morgan fingerprint density at radius 2 is 1.72 bits per heavy atom. The molecular weight excluding hydrogens is 735 g/mol. The largest absolute Gasteiger partial charge is 0.383 e. The molecule has 0 saturated heterocycles. The molecule has 0 fully saturated rings. The molecule has 6 rings (SSSR count). The third-order valence-electron chi connectivity index (χ3n) is 7.69. The van der Waals surface area contributed by atoms with Crippen LogP contribution in [0.1, 0.15) is 6.92 Å². The van der Waals surface area contributed by atoms with E-state index in [9.17, 15) is 16.8 Å². The lowest BCUT2D eigenvalue weighted by Crippen LogP contribution is -2.33. The van der Waals surface area contributed by atoms with E-state index in [0.717, 1.165) is 18.5 Å². The van der Waals surface area contributed by atoms with E-state index in [4.69, 9.17) is 27.9 Å². The summed E-state index contributed by atoms with van der Waals surface area (Å²) in [6.45, 7) is 2.31. The van der Waals surface area contributed by atoms with E-state index in [2.05, 4.69) is 25.0 Å². The van der Waals surface area contributed by atoms with Gasteiger partial charge in [0.2, 0.25) is 10.0 Å². The van der Waals surface area contributed by atoms with Crippen molar-refractivity contribution < 1.29 is 30.4 Å². The number of fused-ring (bicyclic) bond motifs is 2. The highest BCUT2D eigenvalue weighted by Crippen LogP contribution is 2.35. The van der Waals surface area contributed by atoms with Crippen LogP contribution in [-0.2, 0) is 24.8 Å². The summed E-state index contributed by atoms with van der Waals surface area (Å²) in [6, 6.07) is 15.8. The summed E-state index contributed by atoms with van der Waals surface area (Å²) in [5.41, 5.74) is -0.413. The van der Waals surface area contributed by atoms with E-state index in [0.29, 0.717) is 16.4 Å². The van der Waals surface area contributed by atoms with E-state index in [1.807, 2.05) is 0 Å². The molecule has 0 unspecified atom stereocenters. The van der Waals surface area contributed by atoms with Gasteiger partial charge in [0.1, 0.15) is 39.0 Å². The Hall–Kier alpha value is -4.45. The minimum atomic E-state index is -4.45. The van der Waals surface area contributed by atoms with E-state index >= 15 is 8.78 Å². The summed E-state index contributed by atoms with van der Waals surface area (Å²) in [5.74, 6) is -2.20. The SMILES string of the molecule is CCN(CCOC)S(=O)(=O)c1cn(-c2ccc3ncnc(Nc4c(F)ccc(NS(=O)(=O)c5cccc(Cl)c5Cl)c4F)c3n2)c2ccccc12. The van der Waals surface area contributed by atoms with Gasteiger partial charge >= 0.3 is 0 Å². The first kappa shape index (κ1) is 35.4. The van der Waals surface area contributed by atoms with Crippen molar-refractivity contribution in [3.63, 3.8) is 0 Å². The average molecular weight is 763 g/mol. The van der Waals surface area contributed by atoms with Crippen LogP contribution in [0.3, 0.4) is 0 Å². The minimum Gasteiger partial charge on any atom is -0.383 e. The number of benzene rings is 3. The molecular formula is C32H27Cl2F2N7O5S2. The first-order chi connectivity index (χ1) is 23.9. The lowest BCUT2D eigenvalue weighted by Gasteiger charge is -2.19. The van der Waals surface area contributed by atoms with E-state index in [1.165, 1.54) is 35.8 Å². The molecule has 0 bridgehead atoms. The number of aromatic nitrogens is 4. The van der Waals surface area contributed by atoms with Crippen LogP contribution in [0.4, 0.5) is 26.0 Å². The van der Waals surface area contributed by atoms with E-state index < -0.39 is 48.0 Å². The monoisotopic (exact) mass is 761 g/mol. The number of hydrogen-bond donors (Lipinski definition) is 2. The zero-order valence-electron chi connectivity index (χ0n) is 26.2. The Bertz CT molecular complexity index is 2490. The molecule has 3 aromatic heterocycles. The molecule has 0 radical (unpaired) electrons. The summed E-state index contributed by atoms with van der Waals surface area (Å²) < 4.78 is 94.7. The normalized spacial score (nSPS) is 12.2. The number of halogens is 4. The van der Waals surface area contributed by atoms with Crippen molar-refractivity contribution in [1.29, 1.82) is 0 Å². The molecule has 0 aliphatic carbocycles. The Morgan fingerprint density at radius 1 is 0.940 bits per heavy atom. The quantitative estimate of drug-likeness (QED) is 0.138. The zero-order chi connectivity index (χ0) is 35.8. The Balaban J connectivity index is 1.41. The number of hydrogen-bond acceptors (Lipinski definition) is 9. The van der Waals surface area contributed by atoms with Crippen LogP contribution in [-0.4, -0.2) is 67.5 Å². The maximum absolute atomic E-state index is 15.8. The fraction of sp³-hybridized carbons (Fsp3) is 0.156. The number of pyridine rings is 1. The number of nitrogens with zero attached hydrogens (tertiary/aromatic N) is 5. The molecule has 0 aliphatic rings. The molecule has 2 N–H and O–H groups in total. The first-order valence-corrected chi connectivity index (χ1v) is 18.5. The fourth-order valence-electron chi connectivity index (χ4n) is 5.24. The van der Waals surface area contributed by atoms with Gasteiger partial charge in [-0.15, -0.1) is 0 Å². The Morgan fingerprint density at radius 3 is 2.48 bits per heavy atom. The van der Waals surface area contributed by atoms with Gasteiger partial charge in [-0.25, -0.2) is 40.6 Å². The lowest BCUT2D eigenvalue weighted by molar-refractivity contribution is 0.180. The number of methoxy groups -OCH3 is 1. The zero-order valence-corrected chi connectivity index (χ0v) is 29.4. The molecule has 3 aromatic carbocycles. The smallest absolute Gasteiger partial charge is 0.263 e. The number of rotatable bonds is 12. The van der Waals surface area contributed by atoms with Crippen molar-refractivity contribution in [2.45, 2.75) is 16.7 Å². The van der Waals surface area contributed by atoms with Crippen molar-refractivity contribution in [2.75, 3.05) is 36.8 Å². The summed E-state index contributed by atoms with van der Waals surface area (Å²) in [7, 11) is -6.92. The summed E-state index contributed by atoms with van der Waals surface area (Å²) in [6.07, 6.45) is 2.62. The van der Waals surface area contributed by atoms with Gasteiger partial charge in [0, 0.05) is 31.8 Å². The van der Waals surface area contributed by atoms with Gasteiger partial charge in [-0.3, -0.25) is 9.29 Å². The molecule has 12 nitrogen and oxygen atoms in total. The topological polar surface area (TPSA) is 148 Å². The number of anilines is 3. The van der Waals surface area contributed by atoms with Crippen molar-refractivity contribution in [3.8, 4) is 5.82 Å². The van der Waals surface area contributed by atoms with Gasteiger partial charge in [0.15, 0.2) is 11.6 Å². The third kappa shape index (κ3) is 6.57. The fourth-order valence-corrected chi connectivity index (χ4v) is 8.68. The molecule has 0 atom stereocenters. The minimum absolute atomic E-state index is 0.0326. The van der Waals surface area contributed by atoms with Crippen LogP contribution in [0.15, 0.2) is 89.0 Å². The van der Waals surface area contributed by atoms with E-state index in [-0.39, 0.29) is 51.8 Å². The molecule has 0 amide bonds. The molecule has 260 valence electrons. The summed E-state index contributed by atoms with van der Waals surface area (Å²) in [4.78, 5) is 12.7. The van der Waals surface area contributed by atoms with Crippen molar-refractivity contribution in [1.82, 2.24) is 23.8 Å². The first-order valence-electron chi connectivity index (χ1n) is 14.8. The number of nitrogens with one attached hydrogen (secondary N) is 2. The molecule has 6 aromatic rings. The summed E-state index contributed by atoms with van der Waals surface area (Å²) in [5, 5.41) is 2.74. The van der Waals surface area contributed by atoms with Gasteiger partial charge in [-0.2, -0.15) is 4.31 Å². The van der Waals surface area contributed by atoms with Crippen LogP contribution in [0.5, 0.6) is 0 Å². The van der Waals surface area contributed by atoms with Gasteiger partial charge in [0.25, 0.3) is 10.0 Å². The van der Waals surface area contributed by atoms with Gasteiger partial charge < -0.3 is 10.1 Å². The van der Waals surface area contributed by atoms with Crippen molar-refractivity contribution in [3.05, 3.63) is 101 Å². The second-order valence-electron chi connectivity index (χ2n) is 10.7. The molecule has 18 heteroatoms. The molecule has 50 heavy (non-hydrogen) atoms. The van der Waals surface area contributed by atoms with Crippen molar-refractivity contribution >= 4 is 82.4 Å². The van der Waals surface area contributed by atoms with Crippen LogP contribution in [0.2, 0.25) is 10.0 Å². The highest BCUT2D eigenvalue weighted by molar-refractivity contribution is 7.92. The third-order valence-corrected chi connectivity index (χ3v) is 12.0.